The molecule has 1 aliphatic rings. The molecule has 1 heterocycles. The lowest BCUT2D eigenvalue weighted by atomic mass is 10.2. The number of hydrogen-bond donors (Lipinski definition) is 1. The molecular weight excluding hydrogens is 344 g/mol. The van der Waals surface area contributed by atoms with Gasteiger partial charge in [0.2, 0.25) is 5.91 Å². The van der Waals surface area contributed by atoms with Crippen LogP contribution in [0.3, 0.4) is 0 Å². The second kappa shape index (κ2) is 7.35. The molecule has 3 rings (SSSR count). The molecule has 8 heteroatoms. The minimum atomic E-state index is -0.607. The number of fused-ring (bicyclic) bond motifs is 1. The molecule has 1 N–H and O–H groups in total. The second-order valence-electron chi connectivity index (χ2n) is 5.32. The summed E-state index contributed by atoms with van der Waals surface area (Å²) in [5.41, 5.74) is 1.08. The first-order valence-corrected chi connectivity index (χ1v) is 8.49. The van der Waals surface area contributed by atoms with E-state index >= 15 is 0 Å². The number of nitrogens with one attached hydrogen (secondary N) is 1. The quantitative estimate of drug-likeness (QED) is 0.511. The topological polar surface area (TPSA) is 98.5 Å². The maximum Gasteiger partial charge on any atom is 0.338 e. The molecule has 0 aromatic heterocycles. The number of para-hydroxylation sites is 1. The SMILES string of the molecule is O=C1CCSc2ccc(C(=O)OCc3ccccc3[N+](=O)[O-])cc2N1. The van der Waals surface area contributed by atoms with Gasteiger partial charge in [-0.2, -0.15) is 0 Å². The first-order chi connectivity index (χ1) is 12.0. The Kier molecular flexibility index (Phi) is 4.99. The minimum absolute atomic E-state index is 0.0964. The van der Waals surface area contributed by atoms with Crippen molar-refractivity contribution in [2.45, 2.75) is 17.9 Å². The highest BCUT2D eigenvalue weighted by Crippen LogP contribution is 2.31. The Hall–Kier alpha value is -2.87. The van der Waals surface area contributed by atoms with Crippen molar-refractivity contribution in [2.75, 3.05) is 11.1 Å². The van der Waals surface area contributed by atoms with Gasteiger partial charge in [0.15, 0.2) is 0 Å². The van der Waals surface area contributed by atoms with Crippen molar-refractivity contribution in [3.8, 4) is 0 Å². The number of amides is 1. The fraction of sp³-hybridized carbons (Fsp3) is 0.176. The van der Waals surface area contributed by atoms with E-state index in [0.29, 0.717) is 23.4 Å². The number of thioether (sulfide) groups is 1. The van der Waals surface area contributed by atoms with E-state index in [2.05, 4.69) is 5.32 Å². The van der Waals surface area contributed by atoms with Gasteiger partial charge in [0.25, 0.3) is 5.69 Å². The van der Waals surface area contributed by atoms with Gasteiger partial charge >= 0.3 is 5.97 Å². The number of ether oxygens (including phenoxy) is 1. The number of rotatable bonds is 4. The molecule has 25 heavy (non-hydrogen) atoms. The Labute approximate surface area is 147 Å². The van der Waals surface area contributed by atoms with Crippen LogP contribution in [-0.2, 0) is 16.1 Å². The van der Waals surface area contributed by atoms with Crippen LogP contribution in [0, 0.1) is 10.1 Å². The third-order valence-corrected chi connectivity index (χ3v) is 4.70. The number of nitro groups is 1. The van der Waals surface area contributed by atoms with Crippen LogP contribution in [0.25, 0.3) is 0 Å². The molecule has 0 unspecified atom stereocenters. The Morgan fingerprint density at radius 3 is 2.88 bits per heavy atom. The van der Waals surface area contributed by atoms with Gasteiger partial charge in [-0.25, -0.2) is 4.79 Å². The van der Waals surface area contributed by atoms with Crippen LogP contribution in [-0.4, -0.2) is 22.6 Å². The molecule has 1 aliphatic heterocycles. The second-order valence-corrected chi connectivity index (χ2v) is 6.46. The van der Waals surface area contributed by atoms with Crippen molar-refractivity contribution in [3.63, 3.8) is 0 Å². The van der Waals surface area contributed by atoms with Gasteiger partial charge in [0.1, 0.15) is 6.61 Å². The zero-order valence-electron chi connectivity index (χ0n) is 13.1. The van der Waals surface area contributed by atoms with Crippen molar-refractivity contribution in [2.24, 2.45) is 0 Å². The van der Waals surface area contributed by atoms with E-state index in [1.54, 1.807) is 36.4 Å². The molecule has 0 aliphatic carbocycles. The molecular formula is C17H14N2O5S. The third-order valence-electron chi connectivity index (χ3n) is 3.62. The molecule has 0 radical (unpaired) electrons. The van der Waals surface area contributed by atoms with Crippen molar-refractivity contribution in [1.29, 1.82) is 0 Å². The molecule has 0 spiro atoms. The fourth-order valence-electron chi connectivity index (χ4n) is 2.38. The molecule has 0 atom stereocenters. The molecule has 0 saturated heterocycles. The number of anilines is 1. The number of hydrogen-bond acceptors (Lipinski definition) is 6. The number of benzene rings is 2. The summed E-state index contributed by atoms with van der Waals surface area (Å²) in [6.45, 7) is -0.200. The highest BCUT2D eigenvalue weighted by molar-refractivity contribution is 7.99. The summed E-state index contributed by atoms with van der Waals surface area (Å²) in [5, 5.41) is 13.7. The van der Waals surface area contributed by atoms with E-state index < -0.39 is 10.9 Å². The third kappa shape index (κ3) is 3.97. The maximum atomic E-state index is 12.2. The van der Waals surface area contributed by atoms with E-state index in [1.807, 2.05) is 0 Å². The number of nitrogens with zero attached hydrogens (tertiary/aromatic N) is 1. The van der Waals surface area contributed by atoms with Gasteiger partial charge in [-0.05, 0) is 24.3 Å². The monoisotopic (exact) mass is 358 g/mol. The van der Waals surface area contributed by atoms with Crippen LogP contribution in [0.2, 0.25) is 0 Å². The van der Waals surface area contributed by atoms with Crippen molar-refractivity contribution in [3.05, 3.63) is 63.7 Å². The number of esters is 1. The van der Waals surface area contributed by atoms with Crippen LogP contribution in [0.5, 0.6) is 0 Å². The zero-order chi connectivity index (χ0) is 17.8. The Morgan fingerprint density at radius 1 is 1.28 bits per heavy atom. The molecule has 0 fully saturated rings. The number of carbonyl (C=O) groups excluding carboxylic acids is 2. The normalized spacial score (nSPS) is 13.4. The molecule has 0 bridgehead atoms. The van der Waals surface area contributed by atoms with Crippen molar-refractivity contribution in [1.82, 2.24) is 0 Å². The number of carbonyl (C=O) groups is 2. The van der Waals surface area contributed by atoms with E-state index in [1.165, 1.54) is 17.8 Å². The minimum Gasteiger partial charge on any atom is -0.457 e. The lowest BCUT2D eigenvalue weighted by Gasteiger charge is -2.09. The van der Waals surface area contributed by atoms with Gasteiger partial charge in [0.05, 0.1) is 21.7 Å². The van der Waals surface area contributed by atoms with Crippen LogP contribution < -0.4 is 5.32 Å². The first-order valence-electron chi connectivity index (χ1n) is 7.51. The van der Waals surface area contributed by atoms with Gasteiger partial charge in [-0.3, -0.25) is 14.9 Å². The van der Waals surface area contributed by atoms with Gasteiger partial charge in [0, 0.05) is 23.1 Å². The van der Waals surface area contributed by atoms with Gasteiger partial charge < -0.3 is 10.1 Å². The largest absolute Gasteiger partial charge is 0.457 e. The van der Waals surface area contributed by atoms with Crippen molar-refractivity contribution < 1.29 is 19.2 Å². The van der Waals surface area contributed by atoms with E-state index in [9.17, 15) is 19.7 Å². The smallest absolute Gasteiger partial charge is 0.338 e. The summed E-state index contributed by atoms with van der Waals surface area (Å²) < 4.78 is 5.19. The summed E-state index contributed by atoms with van der Waals surface area (Å²) in [6.07, 6.45) is 0.413. The molecule has 1 amide bonds. The Balaban J connectivity index is 1.74. The summed E-state index contributed by atoms with van der Waals surface area (Å²) in [6, 6.07) is 11.0. The standard InChI is InChI=1S/C17H14N2O5S/c20-16-7-8-25-15-6-5-11(9-13(15)18-16)17(21)24-10-12-3-1-2-4-14(12)19(22)23/h1-6,9H,7-8,10H2,(H,18,20). The van der Waals surface area contributed by atoms with E-state index in [-0.39, 0.29) is 23.8 Å². The fourth-order valence-corrected chi connectivity index (χ4v) is 3.32. The highest BCUT2D eigenvalue weighted by atomic mass is 32.2. The van der Waals surface area contributed by atoms with Gasteiger partial charge in [-0.1, -0.05) is 12.1 Å². The summed E-state index contributed by atoms with van der Waals surface area (Å²) >= 11 is 1.54. The Morgan fingerprint density at radius 2 is 2.08 bits per heavy atom. The predicted octanol–water partition coefficient (Wildman–Crippen LogP) is 3.39. The molecule has 2 aromatic rings. The van der Waals surface area contributed by atoms with E-state index in [4.69, 9.17) is 4.74 Å². The number of nitro benzene ring substituents is 1. The predicted molar refractivity (Wildman–Crippen MR) is 92.6 cm³/mol. The van der Waals surface area contributed by atoms with Crippen LogP contribution in [0.15, 0.2) is 47.4 Å². The van der Waals surface area contributed by atoms with Crippen LogP contribution >= 0.6 is 11.8 Å². The van der Waals surface area contributed by atoms with Crippen LogP contribution in [0.1, 0.15) is 22.3 Å². The van der Waals surface area contributed by atoms with Gasteiger partial charge in [-0.15, -0.1) is 11.8 Å². The van der Waals surface area contributed by atoms with Crippen LogP contribution in [0.4, 0.5) is 11.4 Å². The summed E-state index contributed by atoms with van der Waals surface area (Å²) in [4.78, 5) is 35.2. The highest BCUT2D eigenvalue weighted by Gasteiger charge is 2.18. The molecule has 0 saturated carbocycles. The Bertz CT molecular complexity index is 853. The lowest BCUT2D eigenvalue weighted by Crippen LogP contribution is -2.11. The molecule has 7 nitrogen and oxygen atoms in total. The molecule has 128 valence electrons. The zero-order valence-corrected chi connectivity index (χ0v) is 13.9. The van der Waals surface area contributed by atoms with Crippen molar-refractivity contribution >= 4 is 35.0 Å². The maximum absolute atomic E-state index is 12.2. The average molecular weight is 358 g/mol. The lowest BCUT2D eigenvalue weighted by molar-refractivity contribution is -0.385. The summed E-state index contributed by atoms with van der Waals surface area (Å²) in [7, 11) is 0. The van der Waals surface area contributed by atoms with E-state index in [0.717, 1.165) is 4.90 Å². The summed E-state index contributed by atoms with van der Waals surface area (Å²) in [5.74, 6) is -0.0264. The average Bonchev–Trinajstić information content (AvgIpc) is 2.79. The first kappa shape index (κ1) is 17.0. The molecule has 2 aromatic carbocycles.